The molecule has 1 heterocycles. The number of halogens is 3. The van der Waals surface area contributed by atoms with Gasteiger partial charge in [0.15, 0.2) is 9.84 Å². The zero-order valence-electron chi connectivity index (χ0n) is 14.4. The molecule has 1 N–H and O–H groups in total. The highest BCUT2D eigenvalue weighted by Gasteiger charge is 2.39. The van der Waals surface area contributed by atoms with Gasteiger partial charge >= 0.3 is 6.18 Å². The van der Waals surface area contributed by atoms with Gasteiger partial charge in [-0.3, -0.25) is 0 Å². The lowest BCUT2D eigenvalue weighted by Gasteiger charge is -2.22. The minimum atomic E-state index is -4.80. The summed E-state index contributed by atoms with van der Waals surface area (Å²) < 4.78 is 71.2. The summed E-state index contributed by atoms with van der Waals surface area (Å²) in [5.74, 6) is -0.421. The van der Waals surface area contributed by atoms with Gasteiger partial charge in [0.2, 0.25) is 5.88 Å². The largest absolute Gasteiger partial charge is 0.471 e. The molecule has 5 nitrogen and oxygen atoms in total. The summed E-state index contributed by atoms with van der Waals surface area (Å²) in [7, 11) is -4.12. The second-order valence-corrected chi connectivity index (χ2v) is 8.42. The van der Waals surface area contributed by atoms with Crippen molar-refractivity contribution in [1.82, 2.24) is 4.98 Å². The molecule has 0 radical (unpaired) electrons. The number of sulfone groups is 1. The van der Waals surface area contributed by atoms with E-state index in [1.807, 2.05) is 0 Å². The van der Waals surface area contributed by atoms with Gasteiger partial charge in [-0.1, -0.05) is 30.3 Å². The van der Waals surface area contributed by atoms with Crippen molar-refractivity contribution >= 4 is 9.84 Å². The first-order valence-electron chi connectivity index (χ1n) is 8.29. The second-order valence-electron chi connectivity index (χ2n) is 6.47. The van der Waals surface area contributed by atoms with Gasteiger partial charge in [-0.15, -0.1) is 0 Å². The zero-order valence-corrected chi connectivity index (χ0v) is 15.2. The highest BCUT2D eigenvalue weighted by molar-refractivity contribution is 7.91. The number of hydrogen-bond donors (Lipinski definition) is 1. The third kappa shape index (κ3) is 4.08. The molecule has 1 aliphatic rings. The normalized spacial score (nSPS) is 20.6. The molecule has 1 saturated carbocycles. The van der Waals surface area contributed by atoms with Crippen molar-refractivity contribution in [2.75, 3.05) is 6.26 Å². The van der Waals surface area contributed by atoms with Crippen LogP contribution >= 0.6 is 0 Å². The molecular formula is C18H18F3NO4S. The number of benzene rings is 1. The van der Waals surface area contributed by atoms with Crippen LogP contribution < -0.4 is 4.74 Å². The van der Waals surface area contributed by atoms with Gasteiger partial charge < -0.3 is 9.84 Å². The van der Waals surface area contributed by atoms with Gasteiger partial charge in [0.1, 0.15) is 11.0 Å². The molecule has 2 aromatic rings. The smallest absolute Gasteiger partial charge is 0.418 e. The van der Waals surface area contributed by atoms with Crippen LogP contribution in [0.25, 0.3) is 11.1 Å². The maximum absolute atomic E-state index is 13.6. The van der Waals surface area contributed by atoms with E-state index in [1.165, 1.54) is 24.3 Å². The molecule has 2 unspecified atom stereocenters. The lowest BCUT2D eigenvalue weighted by Crippen LogP contribution is -2.27. The third-order valence-electron chi connectivity index (χ3n) is 4.42. The number of ether oxygens (including phenoxy) is 1. The molecule has 0 amide bonds. The van der Waals surface area contributed by atoms with Crippen molar-refractivity contribution in [3.05, 3.63) is 42.1 Å². The van der Waals surface area contributed by atoms with Crippen LogP contribution in [-0.2, 0) is 16.0 Å². The highest BCUT2D eigenvalue weighted by Crippen LogP contribution is 2.43. The molecule has 0 spiro atoms. The number of nitrogens with zero attached hydrogens (tertiary/aromatic N) is 1. The Labute approximate surface area is 154 Å². The third-order valence-corrected chi connectivity index (χ3v) is 5.54. The molecule has 2 atom stereocenters. The van der Waals surface area contributed by atoms with E-state index in [4.69, 9.17) is 4.74 Å². The predicted molar refractivity (Wildman–Crippen MR) is 92.1 cm³/mol. The average molecular weight is 401 g/mol. The van der Waals surface area contributed by atoms with E-state index in [9.17, 15) is 26.7 Å². The maximum atomic E-state index is 13.6. The van der Waals surface area contributed by atoms with Crippen LogP contribution in [0, 0.1) is 0 Å². The lowest BCUT2D eigenvalue weighted by atomic mass is 10.0. The van der Waals surface area contributed by atoms with E-state index in [1.54, 1.807) is 6.07 Å². The summed E-state index contributed by atoms with van der Waals surface area (Å²) in [4.78, 5) is 3.04. The van der Waals surface area contributed by atoms with Crippen LogP contribution in [0.3, 0.4) is 0 Å². The van der Waals surface area contributed by atoms with Crippen LogP contribution in [0.5, 0.6) is 5.88 Å². The van der Waals surface area contributed by atoms with Gasteiger partial charge in [-0.05, 0) is 24.8 Å². The van der Waals surface area contributed by atoms with E-state index < -0.39 is 50.1 Å². The molecule has 1 aliphatic carbocycles. The summed E-state index contributed by atoms with van der Waals surface area (Å²) in [6.07, 6.45) is -3.32. The molecule has 1 fully saturated rings. The first-order chi connectivity index (χ1) is 12.6. The molecule has 1 aromatic carbocycles. The molecule has 9 heteroatoms. The lowest BCUT2D eigenvalue weighted by molar-refractivity contribution is -0.137. The molecule has 0 bridgehead atoms. The Kier molecular flexibility index (Phi) is 5.18. The van der Waals surface area contributed by atoms with Crippen molar-refractivity contribution in [3.8, 4) is 17.0 Å². The Bertz CT molecular complexity index is 930. The monoisotopic (exact) mass is 401 g/mol. The molecule has 1 aromatic heterocycles. The number of rotatable bonds is 4. The average Bonchev–Trinajstić information content (AvgIpc) is 2.98. The number of hydrogen-bond acceptors (Lipinski definition) is 5. The highest BCUT2D eigenvalue weighted by atomic mass is 32.2. The second kappa shape index (κ2) is 7.12. The number of aromatic nitrogens is 1. The van der Waals surface area contributed by atoms with Crippen LogP contribution in [-0.4, -0.2) is 37.0 Å². The first-order valence-corrected chi connectivity index (χ1v) is 10.2. The quantitative estimate of drug-likeness (QED) is 0.849. The Morgan fingerprint density at radius 1 is 1.19 bits per heavy atom. The van der Waals surface area contributed by atoms with Crippen molar-refractivity contribution in [2.45, 2.75) is 42.5 Å². The topological polar surface area (TPSA) is 76.5 Å². The fourth-order valence-corrected chi connectivity index (χ4v) is 4.21. The SMILES string of the molecule is CS(=O)(=O)c1c(OC2CCCC2O)ncc(C(F)(F)F)c1-c1ccccc1. The van der Waals surface area contributed by atoms with Crippen LogP contribution in [0.1, 0.15) is 24.8 Å². The van der Waals surface area contributed by atoms with E-state index in [0.29, 0.717) is 25.5 Å². The summed E-state index contributed by atoms with van der Waals surface area (Å²) in [6, 6.07) is 7.44. The first kappa shape index (κ1) is 19.6. The summed E-state index contributed by atoms with van der Waals surface area (Å²) in [5.41, 5.74) is -1.57. The fourth-order valence-electron chi connectivity index (χ4n) is 3.20. The molecule has 0 aliphatic heterocycles. The van der Waals surface area contributed by atoms with Crippen molar-refractivity contribution in [1.29, 1.82) is 0 Å². The Balaban J connectivity index is 2.28. The van der Waals surface area contributed by atoms with Crippen LogP contribution in [0.15, 0.2) is 41.4 Å². The van der Waals surface area contributed by atoms with Gasteiger partial charge in [-0.25, -0.2) is 13.4 Å². The van der Waals surface area contributed by atoms with E-state index in [2.05, 4.69) is 4.98 Å². The molecule has 146 valence electrons. The van der Waals surface area contributed by atoms with Gasteiger partial charge in [0.25, 0.3) is 0 Å². The Morgan fingerprint density at radius 2 is 1.85 bits per heavy atom. The number of pyridine rings is 1. The summed E-state index contributed by atoms with van der Waals surface area (Å²) in [6.45, 7) is 0. The molecule has 27 heavy (non-hydrogen) atoms. The Hall–Kier alpha value is -2.13. The van der Waals surface area contributed by atoms with E-state index in [-0.39, 0.29) is 5.56 Å². The summed E-state index contributed by atoms with van der Waals surface area (Å²) >= 11 is 0. The van der Waals surface area contributed by atoms with Gasteiger partial charge in [0, 0.05) is 18.0 Å². The minimum Gasteiger partial charge on any atom is -0.471 e. The Morgan fingerprint density at radius 3 is 2.37 bits per heavy atom. The maximum Gasteiger partial charge on any atom is 0.418 e. The van der Waals surface area contributed by atoms with Crippen LogP contribution in [0.2, 0.25) is 0 Å². The predicted octanol–water partition coefficient (Wildman–Crippen LogP) is 3.46. The number of aliphatic hydroxyl groups is 1. The zero-order chi connectivity index (χ0) is 19.8. The fraction of sp³-hybridized carbons (Fsp3) is 0.389. The molecule has 3 rings (SSSR count). The van der Waals surface area contributed by atoms with Gasteiger partial charge in [0.05, 0.1) is 11.7 Å². The van der Waals surface area contributed by atoms with Crippen molar-refractivity contribution in [2.24, 2.45) is 0 Å². The van der Waals surface area contributed by atoms with E-state index >= 15 is 0 Å². The molecular weight excluding hydrogens is 383 g/mol. The minimum absolute atomic E-state index is 0.0875. The van der Waals surface area contributed by atoms with Crippen molar-refractivity contribution in [3.63, 3.8) is 0 Å². The number of aliphatic hydroxyl groups excluding tert-OH is 1. The standard InChI is InChI=1S/C18H18F3NO4S/c1-27(24,25)16-15(11-6-3-2-4-7-11)12(18(19,20)21)10-22-17(16)26-14-9-5-8-13(14)23/h2-4,6-7,10,13-14,23H,5,8-9H2,1H3. The summed E-state index contributed by atoms with van der Waals surface area (Å²) in [5, 5.41) is 9.93. The number of alkyl halides is 3. The van der Waals surface area contributed by atoms with Crippen molar-refractivity contribution < 1.29 is 31.4 Å². The van der Waals surface area contributed by atoms with Gasteiger partial charge in [-0.2, -0.15) is 13.2 Å². The van der Waals surface area contributed by atoms with E-state index in [0.717, 1.165) is 6.26 Å². The molecule has 0 saturated heterocycles. The van der Waals surface area contributed by atoms with Crippen LogP contribution in [0.4, 0.5) is 13.2 Å².